The summed E-state index contributed by atoms with van der Waals surface area (Å²) in [6.45, 7) is 5.78. The standard InChI is InChI=1S/C24H30FNO2/c1-2-19-28-24(21-7-4-3-5-8-21)14-17-26(18-15-24)16-6-9-23(27)20-10-12-22(25)13-11-20/h3-5,7-8,10-13H,2,6,9,14-19H2,1H3. The van der Waals surface area contributed by atoms with E-state index in [1.807, 2.05) is 6.07 Å². The van der Waals surface area contributed by atoms with Crippen molar-refractivity contribution in [3.63, 3.8) is 0 Å². The Labute approximate surface area is 167 Å². The van der Waals surface area contributed by atoms with Gasteiger partial charge in [0.1, 0.15) is 5.82 Å². The molecule has 1 heterocycles. The van der Waals surface area contributed by atoms with E-state index >= 15 is 0 Å². The van der Waals surface area contributed by atoms with E-state index in [0.29, 0.717) is 12.0 Å². The monoisotopic (exact) mass is 383 g/mol. The fourth-order valence-corrected chi connectivity index (χ4v) is 3.94. The van der Waals surface area contributed by atoms with Gasteiger partial charge in [0.05, 0.1) is 5.60 Å². The summed E-state index contributed by atoms with van der Waals surface area (Å²) in [4.78, 5) is 14.7. The molecule has 1 fully saturated rings. The molecular weight excluding hydrogens is 353 g/mol. The number of nitrogens with zero attached hydrogens (tertiary/aromatic N) is 1. The molecular formula is C24H30FNO2. The maximum absolute atomic E-state index is 13.0. The van der Waals surface area contributed by atoms with Crippen LogP contribution in [0.1, 0.15) is 54.9 Å². The van der Waals surface area contributed by atoms with E-state index in [1.54, 1.807) is 12.1 Å². The molecule has 4 heteroatoms. The number of hydrogen-bond acceptors (Lipinski definition) is 3. The zero-order chi connectivity index (χ0) is 19.8. The van der Waals surface area contributed by atoms with Crippen molar-refractivity contribution in [3.8, 4) is 0 Å². The molecule has 0 saturated carbocycles. The molecule has 0 amide bonds. The number of piperidine rings is 1. The molecule has 1 saturated heterocycles. The summed E-state index contributed by atoms with van der Waals surface area (Å²) in [5.74, 6) is -0.223. The number of carbonyl (C=O) groups is 1. The van der Waals surface area contributed by atoms with Gasteiger partial charge in [-0.1, -0.05) is 37.3 Å². The molecule has 0 N–H and O–H groups in total. The summed E-state index contributed by atoms with van der Waals surface area (Å²) in [6.07, 6.45) is 4.29. The highest BCUT2D eigenvalue weighted by molar-refractivity contribution is 5.95. The SMILES string of the molecule is CCCOC1(c2ccccc2)CCN(CCCC(=O)c2ccc(F)cc2)CC1. The first kappa shape index (κ1) is 20.7. The quantitative estimate of drug-likeness (QED) is 0.557. The Hall–Kier alpha value is -2.04. The zero-order valence-corrected chi connectivity index (χ0v) is 16.7. The van der Waals surface area contributed by atoms with Crippen molar-refractivity contribution < 1.29 is 13.9 Å². The smallest absolute Gasteiger partial charge is 0.162 e. The number of carbonyl (C=O) groups excluding carboxylic acids is 1. The minimum Gasteiger partial charge on any atom is -0.370 e. The van der Waals surface area contributed by atoms with Crippen LogP contribution < -0.4 is 0 Å². The highest BCUT2D eigenvalue weighted by Crippen LogP contribution is 2.37. The number of Topliss-reactive ketones (excluding diaryl/α,β-unsaturated/α-hetero) is 1. The van der Waals surface area contributed by atoms with E-state index in [-0.39, 0.29) is 17.2 Å². The summed E-state index contributed by atoms with van der Waals surface area (Å²) in [7, 11) is 0. The summed E-state index contributed by atoms with van der Waals surface area (Å²) in [5, 5.41) is 0. The van der Waals surface area contributed by atoms with Gasteiger partial charge in [-0.3, -0.25) is 4.79 Å². The van der Waals surface area contributed by atoms with Crippen molar-refractivity contribution in [3.05, 3.63) is 71.5 Å². The molecule has 0 bridgehead atoms. The van der Waals surface area contributed by atoms with Crippen LogP contribution in [-0.2, 0) is 10.3 Å². The van der Waals surface area contributed by atoms with Crippen LogP contribution >= 0.6 is 0 Å². The molecule has 2 aromatic rings. The van der Waals surface area contributed by atoms with E-state index in [2.05, 4.69) is 36.1 Å². The van der Waals surface area contributed by atoms with Crippen LogP contribution in [0, 0.1) is 5.82 Å². The van der Waals surface area contributed by atoms with Gasteiger partial charge in [0.15, 0.2) is 5.78 Å². The Kier molecular flexibility index (Phi) is 7.35. The third-order valence-electron chi connectivity index (χ3n) is 5.59. The predicted octanol–water partition coefficient (Wildman–Crippen LogP) is 5.21. The van der Waals surface area contributed by atoms with Crippen LogP contribution in [0.25, 0.3) is 0 Å². The summed E-state index contributed by atoms with van der Waals surface area (Å²) >= 11 is 0. The summed E-state index contributed by atoms with van der Waals surface area (Å²) in [5.41, 5.74) is 1.68. The van der Waals surface area contributed by atoms with Crippen molar-refractivity contribution in [2.75, 3.05) is 26.2 Å². The summed E-state index contributed by atoms with van der Waals surface area (Å²) in [6, 6.07) is 16.4. The van der Waals surface area contributed by atoms with Crippen LogP contribution in [0.5, 0.6) is 0 Å². The molecule has 3 nitrogen and oxygen atoms in total. The van der Waals surface area contributed by atoms with E-state index in [1.165, 1.54) is 17.7 Å². The molecule has 0 radical (unpaired) electrons. The third-order valence-corrected chi connectivity index (χ3v) is 5.59. The lowest BCUT2D eigenvalue weighted by Crippen LogP contribution is -2.44. The molecule has 0 aromatic heterocycles. The first-order valence-electron chi connectivity index (χ1n) is 10.3. The topological polar surface area (TPSA) is 29.5 Å². The Morgan fingerprint density at radius 2 is 1.75 bits per heavy atom. The second-order valence-electron chi connectivity index (χ2n) is 7.58. The van der Waals surface area contributed by atoms with E-state index in [4.69, 9.17) is 4.74 Å². The van der Waals surface area contributed by atoms with Gasteiger partial charge < -0.3 is 9.64 Å². The van der Waals surface area contributed by atoms with Gasteiger partial charge >= 0.3 is 0 Å². The lowest BCUT2D eigenvalue weighted by Gasteiger charge is -2.42. The van der Waals surface area contributed by atoms with Gasteiger partial charge in [0, 0.05) is 31.7 Å². The minimum atomic E-state index is -0.308. The van der Waals surface area contributed by atoms with Crippen LogP contribution in [-0.4, -0.2) is 36.9 Å². The highest BCUT2D eigenvalue weighted by atomic mass is 19.1. The third kappa shape index (κ3) is 5.27. The molecule has 3 rings (SSSR count). The number of hydrogen-bond donors (Lipinski definition) is 0. The first-order chi connectivity index (χ1) is 13.6. The molecule has 28 heavy (non-hydrogen) atoms. The van der Waals surface area contributed by atoms with Gasteiger partial charge in [0.25, 0.3) is 0 Å². The lowest BCUT2D eigenvalue weighted by atomic mass is 9.84. The van der Waals surface area contributed by atoms with E-state index in [0.717, 1.165) is 51.9 Å². The average molecular weight is 384 g/mol. The molecule has 0 aliphatic carbocycles. The number of ketones is 1. The molecule has 1 aliphatic rings. The largest absolute Gasteiger partial charge is 0.370 e. The number of ether oxygens (including phenoxy) is 1. The second-order valence-corrected chi connectivity index (χ2v) is 7.58. The molecule has 150 valence electrons. The van der Waals surface area contributed by atoms with Crippen LogP contribution in [0.4, 0.5) is 4.39 Å². The molecule has 1 aliphatic heterocycles. The molecule has 2 aromatic carbocycles. The second kappa shape index (κ2) is 9.94. The minimum absolute atomic E-state index is 0.0851. The Morgan fingerprint density at radius 3 is 2.39 bits per heavy atom. The fraction of sp³-hybridized carbons (Fsp3) is 0.458. The Bertz CT molecular complexity index is 737. The molecule has 0 atom stereocenters. The number of rotatable bonds is 9. The van der Waals surface area contributed by atoms with Gasteiger partial charge in [0.2, 0.25) is 0 Å². The number of likely N-dealkylation sites (tertiary alicyclic amines) is 1. The van der Waals surface area contributed by atoms with Gasteiger partial charge in [-0.15, -0.1) is 0 Å². The Balaban J connectivity index is 1.49. The van der Waals surface area contributed by atoms with Crippen molar-refractivity contribution in [2.45, 2.75) is 44.6 Å². The average Bonchev–Trinajstić information content (AvgIpc) is 2.74. The van der Waals surface area contributed by atoms with Crippen molar-refractivity contribution in [2.24, 2.45) is 0 Å². The van der Waals surface area contributed by atoms with Gasteiger partial charge in [-0.25, -0.2) is 4.39 Å². The van der Waals surface area contributed by atoms with Crippen LogP contribution in [0.2, 0.25) is 0 Å². The zero-order valence-electron chi connectivity index (χ0n) is 16.7. The van der Waals surface area contributed by atoms with E-state index < -0.39 is 0 Å². The van der Waals surface area contributed by atoms with Gasteiger partial charge in [-0.2, -0.15) is 0 Å². The van der Waals surface area contributed by atoms with E-state index in [9.17, 15) is 9.18 Å². The maximum atomic E-state index is 13.0. The summed E-state index contributed by atoms with van der Waals surface area (Å²) < 4.78 is 19.3. The first-order valence-corrected chi connectivity index (χ1v) is 10.3. The highest BCUT2D eigenvalue weighted by Gasteiger charge is 2.36. The lowest BCUT2D eigenvalue weighted by molar-refractivity contribution is -0.0897. The normalized spacial score (nSPS) is 16.8. The maximum Gasteiger partial charge on any atom is 0.162 e. The molecule has 0 spiro atoms. The van der Waals surface area contributed by atoms with Crippen molar-refractivity contribution in [1.82, 2.24) is 4.90 Å². The number of halogens is 1. The van der Waals surface area contributed by atoms with Gasteiger partial charge in [-0.05, 0) is 62.1 Å². The fourth-order valence-electron chi connectivity index (χ4n) is 3.94. The molecule has 0 unspecified atom stereocenters. The van der Waals surface area contributed by atoms with Crippen LogP contribution in [0.3, 0.4) is 0 Å². The van der Waals surface area contributed by atoms with Crippen molar-refractivity contribution >= 4 is 5.78 Å². The van der Waals surface area contributed by atoms with Crippen LogP contribution in [0.15, 0.2) is 54.6 Å². The van der Waals surface area contributed by atoms with Crippen molar-refractivity contribution in [1.29, 1.82) is 0 Å². The Morgan fingerprint density at radius 1 is 1.07 bits per heavy atom. The number of benzene rings is 2. The predicted molar refractivity (Wildman–Crippen MR) is 110 cm³/mol.